The van der Waals surface area contributed by atoms with Gasteiger partial charge in [0, 0.05) is 5.69 Å². The number of hydrogen-bond donors (Lipinski definition) is 2. The number of nitrogens with one attached hydrogen (secondary N) is 1. The van der Waals surface area contributed by atoms with E-state index in [1.165, 1.54) is 11.6 Å². The molecule has 0 heterocycles. The Bertz CT molecular complexity index is 506. The molecule has 0 aliphatic rings. The molecule has 0 spiro atoms. The number of hydrogen-bond acceptors (Lipinski definition) is 2. The van der Waals surface area contributed by atoms with Gasteiger partial charge in [-0.2, -0.15) is 0 Å². The van der Waals surface area contributed by atoms with Crippen molar-refractivity contribution in [3.05, 3.63) is 53.8 Å². The van der Waals surface area contributed by atoms with Gasteiger partial charge >= 0.3 is 0 Å². The van der Waals surface area contributed by atoms with Crippen molar-refractivity contribution in [3.8, 4) is 0 Å². The first kappa shape index (κ1) is 11.5. The molecule has 0 fully saturated rings. The molecule has 0 saturated carbocycles. The Balaban J connectivity index is 2.22. The Labute approximate surface area is 100 Å². The lowest BCUT2D eigenvalue weighted by Crippen LogP contribution is -1.98. The highest BCUT2D eigenvalue weighted by Gasteiger charge is 2.04. The number of aryl methyl sites for hydroxylation is 1. The molecule has 2 nitrogen and oxygen atoms in total. The molecular weight excluding hydrogens is 215 g/mol. The molecule has 17 heavy (non-hydrogen) atoms. The molecule has 88 valence electrons. The average Bonchev–Trinajstić information content (AvgIpc) is 2.36. The van der Waals surface area contributed by atoms with E-state index in [1.807, 2.05) is 24.3 Å². The van der Waals surface area contributed by atoms with Crippen LogP contribution in [0.3, 0.4) is 0 Å². The van der Waals surface area contributed by atoms with E-state index in [0.717, 1.165) is 12.1 Å². The standard InChI is InChI=1S/C14H15FN2/c1-2-10-6-8-11(9-7-10)17-13-5-3-4-12(15)14(13)16/h3-9,17H,2,16H2,1H3. The van der Waals surface area contributed by atoms with Gasteiger partial charge in [0.1, 0.15) is 5.82 Å². The van der Waals surface area contributed by atoms with Gasteiger partial charge in [0.2, 0.25) is 0 Å². The van der Waals surface area contributed by atoms with Crippen molar-refractivity contribution in [3.63, 3.8) is 0 Å². The van der Waals surface area contributed by atoms with Crippen LogP contribution in [0.1, 0.15) is 12.5 Å². The van der Waals surface area contributed by atoms with Crippen LogP contribution in [0.15, 0.2) is 42.5 Å². The highest BCUT2D eigenvalue weighted by Crippen LogP contribution is 2.25. The summed E-state index contributed by atoms with van der Waals surface area (Å²) < 4.78 is 13.2. The van der Waals surface area contributed by atoms with Gasteiger partial charge < -0.3 is 11.1 Å². The topological polar surface area (TPSA) is 38.0 Å². The van der Waals surface area contributed by atoms with E-state index < -0.39 is 5.82 Å². The number of nitrogen functional groups attached to an aromatic ring is 1. The van der Waals surface area contributed by atoms with Gasteiger partial charge in [-0.05, 0) is 36.2 Å². The second-order valence-electron chi connectivity index (χ2n) is 3.88. The predicted octanol–water partition coefficient (Wildman–Crippen LogP) is 3.71. The predicted molar refractivity (Wildman–Crippen MR) is 69.9 cm³/mol. The highest BCUT2D eigenvalue weighted by atomic mass is 19.1. The van der Waals surface area contributed by atoms with Crippen LogP contribution in [0.2, 0.25) is 0 Å². The number of anilines is 3. The van der Waals surface area contributed by atoms with Crippen LogP contribution < -0.4 is 11.1 Å². The van der Waals surface area contributed by atoms with Crippen LogP contribution in [0.25, 0.3) is 0 Å². The number of para-hydroxylation sites is 1. The number of rotatable bonds is 3. The molecule has 0 unspecified atom stereocenters. The van der Waals surface area contributed by atoms with Gasteiger partial charge in [-0.1, -0.05) is 25.1 Å². The van der Waals surface area contributed by atoms with Crippen molar-refractivity contribution in [1.29, 1.82) is 0 Å². The van der Waals surface area contributed by atoms with Crippen molar-refractivity contribution in [2.24, 2.45) is 0 Å². The summed E-state index contributed by atoms with van der Waals surface area (Å²) in [6.07, 6.45) is 1.00. The quantitative estimate of drug-likeness (QED) is 0.789. The molecule has 3 N–H and O–H groups in total. The van der Waals surface area contributed by atoms with Crippen molar-refractivity contribution >= 4 is 17.1 Å². The molecule has 0 aliphatic heterocycles. The van der Waals surface area contributed by atoms with Gasteiger partial charge in [0.25, 0.3) is 0 Å². The van der Waals surface area contributed by atoms with Crippen LogP contribution >= 0.6 is 0 Å². The Morgan fingerprint density at radius 3 is 2.47 bits per heavy atom. The minimum Gasteiger partial charge on any atom is -0.395 e. The third kappa shape index (κ3) is 2.56. The first-order valence-electron chi connectivity index (χ1n) is 5.60. The molecule has 3 heteroatoms. The summed E-state index contributed by atoms with van der Waals surface area (Å²) in [6, 6.07) is 12.7. The van der Waals surface area contributed by atoms with Crippen molar-refractivity contribution < 1.29 is 4.39 Å². The molecule has 0 saturated heterocycles. The fraction of sp³-hybridized carbons (Fsp3) is 0.143. The minimum absolute atomic E-state index is 0.145. The van der Waals surface area contributed by atoms with Crippen LogP contribution in [0.4, 0.5) is 21.5 Å². The summed E-state index contributed by atoms with van der Waals surface area (Å²) in [5, 5.41) is 3.10. The molecule has 0 aromatic heterocycles. The zero-order chi connectivity index (χ0) is 12.3. The summed E-state index contributed by atoms with van der Waals surface area (Å²) in [5.41, 5.74) is 8.56. The Hall–Kier alpha value is -2.03. The lowest BCUT2D eigenvalue weighted by molar-refractivity contribution is 0.633. The molecule has 0 aliphatic carbocycles. The molecular formula is C14H15FN2. The molecule has 0 radical (unpaired) electrons. The number of nitrogens with two attached hydrogens (primary N) is 1. The smallest absolute Gasteiger partial charge is 0.148 e. The van der Waals surface area contributed by atoms with Gasteiger partial charge in [0.05, 0.1) is 11.4 Å². The normalized spacial score (nSPS) is 10.2. The van der Waals surface area contributed by atoms with E-state index in [0.29, 0.717) is 5.69 Å². The maximum absolute atomic E-state index is 13.2. The average molecular weight is 230 g/mol. The fourth-order valence-corrected chi connectivity index (χ4v) is 1.63. The van der Waals surface area contributed by atoms with E-state index in [1.54, 1.807) is 12.1 Å². The van der Waals surface area contributed by atoms with E-state index in [9.17, 15) is 4.39 Å². The van der Waals surface area contributed by atoms with E-state index in [-0.39, 0.29) is 5.69 Å². The molecule has 2 aromatic carbocycles. The third-order valence-electron chi connectivity index (χ3n) is 2.69. The monoisotopic (exact) mass is 230 g/mol. The highest BCUT2D eigenvalue weighted by molar-refractivity contribution is 5.72. The van der Waals surface area contributed by atoms with Gasteiger partial charge in [-0.25, -0.2) is 4.39 Å². The maximum atomic E-state index is 13.2. The van der Waals surface area contributed by atoms with Gasteiger partial charge in [-0.15, -0.1) is 0 Å². The van der Waals surface area contributed by atoms with Crippen LogP contribution in [-0.2, 0) is 6.42 Å². The minimum atomic E-state index is -0.403. The molecule has 2 rings (SSSR count). The van der Waals surface area contributed by atoms with E-state index >= 15 is 0 Å². The number of halogens is 1. The molecule has 0 amide bonds. The zero-order valence-corrected chi connectivity index (χ0v) is 9.70. The second-order valence-corrected chi connectivity index (χ2v) is 3.88. The first-order chi connectivity index (χ1) is 8.20. The maximum Gasteiger partial charge on any atom is 0.148 e. The first-order valence-corrected chi connectivity index (χ1v) is 5.60. The van der Waals surface area contributed by atoms with Crippen LogP contribution in [0.5, 0.6) is 0 Å². The summed E-state index contributed by atoms with van der Waals surface area (Å²) in [4.78, 5) is 0. The third-order valence-corrected chi connectivity index (χ3v) is 2.69. The second kappa shape index (κ2) is 4.87. The number of benzene rings is 2. The Morgan fingerprint density at radius 1 is 1.12 bits per heavy atom. The van der Waals surface area contributed by atoms with E-state index in [4.69, 9.17) is 5.73 Å². The van der Waals surface area contributed by atoms with Crippen LogP contribution in [-0.4, -0.2) is 0 Å². The van der Waals surface area contributed by atoms with E-state index in [2.05, 4.69) is 12.2 Å². The summed E-state index contributed by atoms with van der Waals surface area (Å²) in [6.45, 7) is 2.10. The fourth-order valence-electron chi connectivity index (χ4n) is 1.63. The zero-order valence-electron chi connectivity index (χ0n) is 9.70. The van der Waals surface area contributed by atoms with Gasteiger partial charge in [0.15, 0.2) is 0 Å². The molecule has 2 aromatic rings. The Kier molecular flexibility index (Phi) is 3.28. The molecule has 0 bridgehead atoms. The van der Waals surface area contributed by atoms with Crippen molar-refractivity contribution in [2.45, 2.75) is 13.3 Å². The SMILES string of the molecule is CCc1ccc(Nc2cccc(F)c2N)cc1. The van der Waals surface area contributed by atoms with Gasteiger partial charge in [-0.3, -0.25) is 0 Å². The molecule has 0 atom stereocenters. The van der Waals surface area contributed by atoms with Crippen LogP contribution in [0, 0.1) is 5.82 Å². The van der Waals surface area contributed by atoms with Crippen molar-refractivity contribution in [1.82, 2.24) is 0 Å². The summed E-state index contributed by atoms with van der Waals surface area (Å²) in [5.74, 6) is -0.403. The van der Waals surface area contributed by atoms with Crippen molar-refractivity contribution in [2.75, 3.05) is 11.1 Å². The Morgan fingerprint density at radius 2 is 1.82 bits per heavy atom. The largest absolute Gasteiger partial charge is 0.395 e. The summed E-state index contributed by atoms with van der Waals surface area (Å²) in [7, 11) is 0. The lowest BCUT2D eigenvalue weighted by atomic mass is 10.1. The summed E-state index contributed by atoms with van der Waals surface area (Å²) >= 11 is 0. The lowest BCUT2D eigenvalue weighted by Gasteiger charge is -2.10.